The molecule has 1 aliphatic heterocycles. The molecule has 1 saturated heterocycles. The molecule has 5 nitrogen and oxygen atoms in total. The Hall–Kier alpha value is -0.810. The molecule has 1 heterocycles. The average molecular weight is 186 g/mol. The van der Waals surface area contributed by atoms with Crippen molar-refractivity contribution in [3.8, 4) is 0 Å². The Bertz CT molecular complexity index is 185. The minimum atomic E-state index is -0.443. The quantitative estimate of drug-likeness (QED) is 0.575. The zero-order valence-electron chi connectivity index (χ0n) is 8.29. The van der Waals surface area contributed by atoms with Crippen LogP contribution in [0.3, 0.4) is 0 Å². The third-order valence-electron chi connectivity index (χ3n) is 2.49. The molecule has 5 heteroatoms. The first-order valence-electron chi connectivity index (χ1n) is 4.51. The second-order valence-electron chi connectivity index (χ2n) is 3.64. The van der Waals surface area contributed by atoms with Gasteiger partial charge >= 0.3 is 6.03 Å². The third-order valence-corrected chi connectivity index (χ3v) is 2.49. The van der Waals surface area contributed by atoms with E-state index in [4.69, 9.17) is 5.73 Å². The maximum absolute atomic E-state index is 10.5. The number of hydrogen-bond acceptors (Lipinski definition) is 3. The Kier molecular flexibility index (Phi) is 3.50. The summed E-state index contributed by atoms with van der Waals surface area (Å²) in [5.74, 6) is 0. The second kappa shape index (κ2) is 4.43. The summed E-state index contributed by atoms with van der Waals surface area (Å²) in [6.07, 6.45) is 0. The second-order valence-corrected chi connectivity index (χ2v) is 3.64. The molecule has 1 fully saturated rings. The molecule has 1 aliphatic rings. The zero-order chi connectivity index (χ0) is 9.84. The summed E-state index contributed by atoms with van der Waals surface area (Å²) in [7, 11) is 4.16. The molecule has 1 atom stereocenters. The van der Waals surface area contributed by atoms with Crippen LogP contribution in [0, 0.1) is 0 Å². The number of nitrogens with two attached hydrogens (primary N) is 1. The molecule has 0 aromatic carbocycles. The number of nitrogens with zero attached hydrogens (tertiary/aromatic N) is 2. The van der Waals surface area contributed by atoms with Crippen molar-refractivity contribution in [2.75, 3.05) is 40.3 Å². The van der Waals surface area contributed by atoms with Crippen LogP contribution in [0.4, 0.5) is 4.79 Å². The van der Waals surface area contributed by atoms with Gasteiger partial charge < -0.3 is 16.0 Å². The van der Waals surface area contributed by atoms with Gasteiger partial charge in [0.25, 0.3) is 0 Å². The number of carbonyl (C=O) groups is 1. The van der Waals surface area contributed by atoms with E-state index in [0.717, 1.165) is 19.6 Å². The molecule has 0 aromatic rings. The molecule has 2 amide bonds. The minimum Gasteiger partial charge on any atom is -0.352 e. The van der Waals surface area contributed by atoms with Crippen molar-refractivity contribution in [1.82, 2.24) is 15.1 Å². The van der Waals surface area contributed by atoms with Crippen molar-refractivity contribution >= 4 is 6.03 Å². The summed E-state index contributed by atoms with van der Waals surface area (Å²) in [5.41, 5.74) is 5.01. The SMILES string of the molecule is CN1CCN(C)C(CNC(N)=O)C1. The molecule has 1 rings (SSSR count). The zero-order valence-corrected chi connectivity index (χ0v) is 8.29. The predicted molar refractivity (Wildman–Crippen MR) is 51.5 cm³/mol. The molecule has 0 aromatic heterocycles. The number of nitrogens with one attached hydrogen (secondary N) is 1. The number of likely N-dealkylation sites (N-methyl/N-ethyl adjacent to an activating group) is 2. The van der Waals surface area contributed by atoms with Gasteiger partial charge in [0.05, 0.1) is 0 Å². The van der Waals surface area contributed by atoms with Crippen LogP contribution in [0.5, 0.6) is 0 Å². The highest BCUT2D eigenvalue weighted by Crippen LogP contribution is 2.04. The van der Waals surface area contributed by atoms with Gasteiger partial charge in [0.1, 0.15) is 0 Å². The van der Waals surface area contributed by atoms with E-state index in [0.29, 0.717) is 12.6 Å². The van der Waals surface area contributed by atoms with Crippen LogP contribution in [0.1, 0.15) is 0 Å². The summed E-state index contributed by atoms with van der Waals surface area (Å²) in [6, 6.07) is -0.0622. The Morgan fingerprint density at radius 1 is 1.54 bits per heavy atom. The van der Waals surface area contributed by atoms with Crippen LogP contribution in [0.2, 0.25) is 0 Å². The van der Waals surface area contributed by atoms with E-state index in [1.54, 1.807) is 0 Å². The molecule has 0 saturated carbocycles. The van der Waals surface area contributed by atoms with E-state index < -0.39 is 6.03 Å². The van der Waals surface area contributed by atoms with Crippen molar-refractivity contribution in [1.29, 1.82) is 0 Å². The first-order chi connectivity index (χ1) is 6.09. The minimum absolute atomic E-state index is 0.381. The van der Waals surface area contributed by atoms with Gasteiger partial charge in [-0.05, 0) is 14.1 Å². The highest BCUT2D eigenvalue weighted by atomic mass is 16.2. The van der Waals surface area contributed by atoms with Gasteiger partial charge in [-0.25, -0.2) is 4.79 Å². The Morgan fingerprint density at radius 3 is 2.85 bits per heavy atom. The lowest BCUT2D eigenvalue weighted by Gasteiger charge is -2.37. The van der Waals surface area contributed by atoms with Gasteiger partial charge in [0, 0.05) is 32.2 Å². The molecule has 0 aliphatic carbocycles. The smallest absolute Gasteiger partial charge is 0.312 e. The molecule has 1 unspecified atom stereocenters. The molecule has 0 bridgehead atoms. The van der Waals surface area contributed by atoms with Gasteiger partial charge in [-0.3, -0.25) is 4.90 Å². The van der Waals surface area contributed by atoms with E-state index in [-0.39, 0.29) is 0 Å². The molecule has 0 radical (unpaired) electrons. The third kappa shape index (κ3) is 3.20. The first kappa shape index (κ1) is 10.3. The number of carbonyl (C=O) groups excluding carboxylic acids is 1. The summed E-state index contributed by atoms with van der Waals surface area (Å²) >= 11 is 0. The summed E-state index contributed by atoms with van der Waals surface area (Å²) in [4.78, 5) is 15.0. The fraction of sp³-hybridized carbons (Fsp3) is 0.875. The summed E-state index contributed by atoms with van der Waals surface area (Å²) < 4.78 is 0. The summed E-state index contributed by atoms with van der Waals surface area (Å²) in [5, 5.41) is 2.64. The molecule has 13 heavy (non-hydrogen) atoms. The van der Waals surface area contributed by atoms with Crippen molar-refractivity contribution in [3.05, 3.63) is 0 Å². The van der Waals surface area contributed by atoms with Crippen LogP contribution in [-0.2, 0) is 0 Å². The van der Waals surface area contributed by atoms with E-state index >= 15 is 0 Å². The average Bonchev–Trinajstić information content (AvgIpc) is 2.06. The van der Waals surface area contributed by atoms with Crippen LogP contribution in [0.25, 0.3) is 0 Å². The van der Waals surface area contributed by atoms with E-state index in [1.807, 2.05) is 0 Å². The van der Waals surface area contributed by atoms with E-state index in [2.05, 4.69) is 29.2 Å². The monoisotopic (exact) mass is 186 g/mol. The van der Waals surface area contributed by atoms with Crippen molar-refractivity contribution in [3.63, 3.8) is 0 Å². The van der Waals surface area contributed by atoms with Crippen molar-refractivity contribution in [2.24, 2.45) is 5.73 Å². The van der Waals surface area contributed by atoms with Crippen molar-refractivity contribution in [2.45, 2.75) is 6.04 Å². The Morgan fingerprint density at radius 2 is 2.23 bits per heavy atom. The molecular formula is C8H18N4O. The predicted octanol–water partition coefficient (Wildman–Crippen LogP) is -1.10. The Balaban J connectivity index is 2.33. The first-order valence-corrected chi connectivity index (χ1v) is 4.51. The van der Waals surface area contributed by atoms with Crippen LogP contribution < -0.4 is 11.1 Å². The molecule has 76 valence electrons. The largest absolute Gasteiger partial charge is 0.352 e. The molecule has 0 spiro atoms. The van der Waals surface area contributed by atoms with Crippen LogP contribution >= 0.6 is 0 Å². The van der Waals surface area contributed by atoms with Gasteiger partial charge in [-0.15, -0.1) is 0 Å². The standard InChI is InChI=1S/C8H18N4O/c1-11-3-4-12(2)7(6-11)5-10-8(9)13/h7H,3-6H2,1-2H3,(H3,9,10,13). The van der Waals surface area contributed by atoms with Gasteiger partial charge in [0.15, 0.2) is 0 Å². The maximum atomic E-state index is 10.5. The number of rotatable bonds is 2. The lowest BCUT2D eigenvalue weighted by molar-refractivity contribution is 0.115. The van der Waals surface area contributed by atoms with Gasteiger partial charge in [-0.1, -0.05) is 0 Å². The fourth-order valence-electron chi connectivity index (χ4n) is 1.54. The Labute approximate surface area is 78.9 Å². The lowest BCUT2D eigenvalue weighted by atomic mass is 10.2. The number of piperazine rings is 1. The number of hydrogen-bond donors (Lipinski definition) is 2. The highest BCUT2D eigenvalue weighted by Gasteiger charge is 2.21. The number of amides is 2. The van der Waals surface area contributed by atoms with E-state index in [1.165, 1.54) is 0 Å². The number of primary amides is 1. The maximum Gasteiger partial charge on any atom is 0.312 e. The lowest BCUT2D eigenvalue weighted by Crippen LogP contribution is -2.54. The van der Waals surface area contributed by atoms with Gasteiger partial charge in [-0.2, -0.15) is 0 Å². The fourth-order valence-corrected chi connectivity index (χ4v) is 1.54. The molecular weight excluding hydrogens is 168 g/mol. The highest BCUT2D eigenvalue weighted by molar-refractivity contribution is 5.71. The topological polar surface area (TPSA) is 61.6 Å². The normalized spacial score (nSPS) is 25.8. The number of urea groups is 1. The van der Waals surface area contributed by atoms with Gasteiger partial charge in [0.2, 0.25) is 0 Å². The van der Waals surface area contributed by atoms with Crippen LogP contribution in [0.15, 0.2) is 0 Å². The van der Waals surface area contributed by atoms with E-state index in [9.17, 15) is 4.79 Å². The van der Waals surface area contributed by atoms with Crippen LogP contribution in [-0.4, -0.2) is 62.1 Å². The molecule has 3 N–H and O–H groups in total. The summed E-state index contributed by atoms with van der Waals surface area (Å²) in [6.45, 7) is 3.75. The van der Waals surface area contributed by atoms with Crippen molar-refractivity contribution < 1.29 is 4.79 Å².